The Morgan fingerprint density at radius 2 is 1.94 bits per heavy atom. The number of ether oxygens (including phenoxy) is 1. The van der Waals surface area contributed by atoms with Crippen molar-refractivity contribution in [3.63, 3.8) is 0 Å². The smallest absolute Gasteiger partial charge is 0.229 e. The summed E-state index contributed by atoms with van der Waals surface area (Å²) in [5, 5.41) is 7.90. The Morgan fingerprint density at radius 1 is 1.24 bits per heavy atom. The lowest BCUT2D eigenvalue weighted by atomic mass is 10.2. The van der Waals surface area contributed by atoms with Gasteiger partial charge in [0.2, 0.25) is 16.0 Å². The van der Waals surface area contributed by atoms with E-state index in [-0.39, 0.29) is 5.95 Å². The van der Waals surface area contributed by atoms with Gasteiger partial charge in [0.25, 0.3) is 0 Å². The van der Waals surface area contributed by atoms with Crippen molar-refractivity contribution in [3.05, 3.63) is 41.2 Å². The number of hydrogen-bond acceptors (Lipinski definition) is 11. The zero-order chi connectivity index (χ0) is 24.3. The van der Waals surface area contributed by atoms with E-state index in [1.54, 1.807) is 31.5 Å². The van der Waals surface area contributed by atoms with Crippen molar-refractivity contribution in [3.8, 4) is 11.4 Å². The summed E-state index contributed by atoms with van der Waals surface area (Å²) in [7, 11) is -3.37. The molecule has 3 aromatic heterocycles. The molecule has 0 saturated carbocycles. The number of hydrogen-bond donors (Lipinski definition) is 3. The Balaban J connectivity index is 1.80. The molecule has 0 aromatic carbocycles. The van der Waals surface area contributed by atoms with Gasteiger partial charge in [-0.3, -0.25) is 4.72 Å². The van der Waals surface area contributed by atoms with Crippen molar-refractivity contribution in [1.82, 2.24) is 24.7 Å². The lowest BCUT2D eigenvalue weighted by Crippen LogP contribution is -2.36. The highest BCUT2D eigenvalue weighted by Crippen LogP contribution is 2.36. The molecule has 4 heterocycles. The third-order valence-corrected chi connectivity index (χ3v) is 6.76. The summed E-state index contributed by atoms with van der Waals surface area (Å²) < 4.78 is 31.7. The van der Waals surface area contributed by atoms with Gasteiger partial charge in [-0.25, -0.2) is 28.4 Å². The van der Waals surface area contributed by atoms with E-state index in [1.807, 2.05) is 6.07 Å². The molecule has 0 aliphatic carbocycles. The van der Waals surface area contributed by atoms with Crippen LogP contribution in [0.5, 0.6) is 0 Å². The quantitative estimate of drug-likeness (QED) is 0.326. The number of rotatable bonds is 7. The Bertz CT molecular complexity index is 1380. The molecule has 1 aliphatic rings. The Labute approximate surface area is 201 Å². The lowest BCUT2D eigenvalue weighted by Gasteiger charge is -2.28. The molecule has 4 rings (SSSR count). The molecule has 11 nitrogen and oxygen atoms in total. The normalized spacial score (nSPS) is 15.5. The van der Waals surface area contributed by atoms with E-state index >= 15 is 0 Å². The van der Waals surface area contributed by atoms with Gasteiger partial charge in [0.05, 0.1) is 35.2 Å². The monoisotopic (exact) mass is 500 g/mol. The van der Waals surface area contributed by atoms with Gasteiger partial charge in [-0.15, -0.1) is 11.3 Å². The number of allylic oxidation sites excluding steroid dienone is 4. The molecule has 0 spiro atoms. The van der Waals surface area contributed by atoms with Crippen LogP contribution in [0.4, 0.5) is 11.8 Å². The van der Waals surface area contributed by atoms with Crippen LogP contribution in [0.2, 0.25) is 0 Å². The molecule has 13 heteroatoms. The molecule has 0 bridgehead atoms. The number of sulfonamides is 1. The van der Waals surface area contributed by atoms with Gasteiger partial charge in [0.1, 0.15) is 0 Å². The zero-order valence-electron chi connectivity index (χ0n) is 18.6. The molecule has 178 valence electrons. The summed E-state index contributed by atoms with van der Waals surface area (Å²) in [6.45, 7) is 4.25. The van der Waals surface area contributed by atoms with Crippen LogP contribution in [0.25, 0.3) is 27.2 Å². The fourth-order valence-electron chi connectivity index (χ4n) is 3.37. The minimum atomic E-state index is -3.37. The highest BCUT2D eigenvalue weighted by Gasteiger charge is 2.21. The topological polar surface area (TPSA) is 160 Å². The highest BCUT2D eigenvalue weighted by atomic mass is 32.2. The predicted molar refractivity (Wildman–Crippen MR) is 134 cm³/mol. The second-order valence-electron chi connectivity index (χ2n) is 7.62. The van der Waals surface area contributed by atoms with E-state index < -0.39 is 10.0 Å². The molecular weight excluding hydrogens is 476 g/mol. The van der Waals surface area contributed by atoms with E-state index in [2.05, 4.69) is 19.6 Å². The lowest BCUT2D eigenvalue weighted by molar-refractivity contribution is 0.122. The van der Waals surface area contributed by atoms with E-state index in [0.29, 0.717) is 49.0 Å². The van der Waals surface area contributed by atoms with Crippen LogP contribution in [0.3, 0.4) is 0 Å². The standard InChI is InChI=1S/C21H24N8O3S2/c1-13(28-34(2,30)31)3-4-14(10-22)17-9-16-18(33-17)20(29-5-7-32-8-6-29)27-19(26-16)15-11-24-21(23)25-12-15/h3-4,9-12,22,28H,5-8H2,1-2H3,(H2,23,24,25)/b13-3+,14-4+,22-10?. The number of fused-ring (bicyclic) bond motifs is 1. The first kappa shape index (κ1) is 23.7. The molecule has 1 fully saturated rings. The molecule has 34 heavy (non-hydrogen) atoms. The first-order valence-electron chi connectivity index (χ1n) is 10.3. The first-order chi connectivity index (χ1) is 16.2. The number of aromatic nitrogens is 4. The summed E-state index contributed by atoms with van der Waals surface area (Å²) in [5.74, 6) is 1.43. The molecule has 0 amide bonds. The van der Waals surface area contributed by atoms with Crippen molar-refractivity contribution < 1.29 is 13.2 Å². The number of nitrogens with two attached hydrogens (primary N) is 1. The summed E-state index contributed by atoms with van der Waals surface area (Å²) in [5.41, 5.74) is 8.06. The average molecular weight is 501 g/mol. The summed E-state index contributed by atoms with van der Waals surface area (Å²) in [6.07, 6.45) is 8.81. The van der Waals surface area contributed by atoms with Crippen molar-refractivity contribution in [1.29, 1.82) is 5.41 Å². The maximum Gasteiger partial charge on any atom is 0.229 e. The summed E-state index contributed by atoms with van der Waals surface area (Å²) in [4.78, 5) is 20.6. The molecule has 0 radical (unpaired) electrons. The maximum atomic E-state index is 11.4. The second-order valence-corrected chi connectivity index (χ2v) is 10.4. The van der Waals surface area contributed by atoms with Gasteiger partial charge in [-0.05, 0) is 19.1 Å². The van der Waals surface area contributed by atoms with Crippen LogP contribution < -0.4 is 15.4 Å². The highest BCUT2D eigenvalue weighted by molar-refractivity contribution is 7.88. The number of morpholine rings is 1. The number of thiophene rings is 1. The van der Waals surface area contributed by atoms with Gasteiger partial charge in [0.15, 0.2) is 11.6 Å². The minimum absolute atomic E-state index is 0.172. The zero-order valence-corrected chi connectivity index (χ0v) is 20.3. The SMILES string of the molecule is C/C(=C\C=C(/C=N)c1cc2nc(-c3cnc(N)nc3)nc(N3CCOCC3)c2s1)NS(C)(=O)=O. The number of nitrogen functional groups attached to an aromatic ring is 1. The minimum Gasteiger partial charge on any atom is -0.378 e. The van der Waals surface area contributed by atoms with Gasteiger partial charge in [-0.1, -0.05) is 6.08 Å². The number of nitrogens with one attached hydrogen (secondary N) is 2. The van der Waals surface area contributed by atoms with Gasteiger partial charge >= 0.3 is 0 Å². The summed E-state index contributed by atoms with van der Waals surface area (Å²) >= 11 is 1.48. The Morgan fingerprint density at radius 3 is 2.59 bits per heavy atom. The second kappa shape index (κ2) is 9.83. The third-order valence-electron chi connectivity index (χ3n) is 4.89. The van der Waals surface area contributed by atoms with Crippen LogP contribution in [-0.4, -0.2) is 67.1 Å². The van der Waals surface area contributed by atoms with E-state index in [9.17, 15) is 8.42 Å². The van der Waals surface area contributed by atoms with Crippen molar-refractivity contribution in [2.75, 3.05) is 43.2 Å². The van der Waals surface area contributed by atoms with E-state index in [0.717, 1.165) is 27.2 Å². The summed E-state index contributed by atoms with van der Waals surface area (Å²) in [6, 6.07) is 1.90. The molecule has 3 aromatic rings. The molecule has 0 atom stereocenters. The fourth-order valence-corrected chi connectivity index (χ4v) is 5.14. The number of anilines is 2. The van der Waals surface area contributed by atoms with Crippen LogP contribution in [-0.2, 0) is 14.8 Å². The van der Waals surface area contributed by atoms with Crippen LogP contribution in [0, 0.1) is 5.41 Å². The fraction of sp³-hybridized carbons (Fsp3) is 0.286. The molecular formula is C21H24N8O3S2. The van der Waals surface area contributed by atoms with Crippen molar-refractivity contribution in [2.24, 2.45) is 0 Å². The number of nitrogens with zero attached hydrogens (tertiary/aromatic N) is 5. The first-order valence-corrected chi connectivity index (χ1v) is 13.0. The van der Waals surface area contributed by atoms with Crippen molar-refractivity contribution >= 4 is 55.1 Å². The average Bonchev–Trinajstić information content (AvgIpc) is 3.22. The van der Waals surface area contributed by atoms with Crippen LogP contribution in [0.15, 0.2) is 36.3 Å². The van der Waals surface area contributed by atoms with Gasteiger partial charge in [0, 0.05) is 47.8 Å². The molecule has 4 N–H and O–H groups in total. The molecule has 0 unspecified atom stereocenters. The molecule has 1 saturated heterocycles. The van der Waals surface area contributed by atoms with Crippen LogP contribution in [0.1, 0.15) is 11.8 Å². The third kappa shape index (κ3) is 5.55. The van der Waals surface area contributed by atoms with Crippen molar-refractivity contribution in [2.45, 2.75) is 6.92 Å². The van der Waals surface area contributed by atoms with E-state index in [1.165, 1.54) is 17.6 Å². The Hall–Kier alpha value is -3.42. The largest absolute Gasteiger partial charge is 0.378 e. The predicted octanol–water partition coefficient (Wildman–Crippen LogP) is 2.05. The van der Waals surface area contributed by atoms with Gasteiger partial charge in [-0.2, -0.15) is 0 Å². The Kier molecular flexibility index (Phi) is 6.86. The molecule has 1 aliphatic heterocycles. The van der Waals surface area contributed by atoms with Crippen LogP contribution >= 0.6 is 11.3 Å². The van der Waals surface area contributed by atoms with E-state index in [4.69, 9.17) is 25.8 Å². The van der Waals surface area contributed by atoms with Gasteiger partial charge < -0.3 is 20.8 Å². The maximum absolute atomic E-state index is 11.4.